The number of hydrogen-bond acceptors (Lipinski definition) is 2. The Bertz CT molecular complexity index is 426. The van der Waals surface area contributed by atoms with E-state index in [4.69, 9.17) is 4.74 Å². The normalized spacial score (nSPS) is 13.7. The molecule has 0 saturated heterocycles. The van der Waals surface area contributed by atoms with Gasteiger partial charge in [-0.25, -0.2) is 8.78 Å². The van der Waals surface area contributed by atoms with Crippen LogP contribution in [0.3, 0.4) is 0 Å². The van der Waals surface area contributed by atoms with Crippen LogP contribution in [0.2, 0.25) is 0 Å². The number of hydrogen-bond donors (Lipinski definition) is 1. The summed E-state index contributed by atoms with van der Waals surface area (Å²) >= 11 is 3.08. The average Bonchev–Trinajstić information content (AvgIpc) is 2.36. The summed E-state index contributed by atoms with van der Waals surface area (Å²) in [6, 6.07) is 3.63. The van der Waals surface area contributed by atoms with Gasteiger partial charge in [-0.3, -0.25) is 0 Å². The number of rotatable bonds is 6. The van der Waals surface area contributed by atoms with E-state index in [-0.39, 0.29) is 5.56 Å². The second-order valence-corrected chi connectivity index (χ2v) is 4.77. The summed E-state index contributed by atoms with van der Waals surface area (Å²) in [6.07, 6.45) is -5.73. The molecular weight excluding hydrogens is 332 g/mol. The van der Waals surface area contributed by atoms with Crippen molar-refractivity contribution in [2.45, 2.75) is 31.8 Å². The van der Waals surface area contributed by atoms with Crippen LogP contribution in [-0.2, 0) is 0 Å². The predicted molar refractivity (Wildman–Crippen MR) is 65.8 cm³/mol. The molecule has 1 aromatic carbocycles. The minimum atomic E-state index is -4.49. The van der Waals surface area contributed by atoms with Gasteiger partial charge < -0.3 is 9.84 Å². The highest BCUT2D eigenvalue weighted by Gasteiger charge is 2.48. The average molecular weight is 345 g/mol. The molecule has 0 amide bonds. The topological polar surface area (TPSA) is 29.5 Å². The fourth-order valence-electron chi connectivity index (χ4n) is 1.36. The smallest absolute Gasteiger partial charge is 0.336 e. The number of alkyl halides is 4. The van der Waals surface area contributed by atoms with E-state index in [0.29, 0.717) is 16.8 Å². The van der Waals surface area contributed by atoms with Crippen molar-refractivity contribution >= 4 is 15.9 Å². The van der Waals surface area contributed by atoms with E-state index >= 15 is 0 Å². The Labute approximate surface area is 116 Å². The predicted octanol–water partition coefficient (Wildman–Crippen LogP) is 4.17. The standard InChI is InChI=1S/C12H13BrF4O2/c1-2-5-19-9-4-3-7(6-8(9)13)10(18)12(16,17)11(14)15/h3-4,6,10-11,18H,2,5H2,1H3. The van der Waals surface area contributed by atoms with Gasteiger partial charge in [-0.1, -0.05) is 13.0 Å². The van der Waals surface area contributed by atoms with Gasteiger partial charge in [0.15, 0.2) is 0 Å². The van der Waals surface area contributed by atoms with Gasteiger partial charge in [0.2, 0.25) is 0 Å². The Morgan fingerprint density at radius 1 is 1.37 bits per heavy atom. The van der Waals surface area contributed by atoms with Crippen LogP contribution in [0.15, 0.2) is 22.7 Å². The quantitative estimate of drug-likeness (QED) is 0.784. The molecule has 19 heavy (non-hydrogen) atoms. The lowest BCUT2D eigenvalue weighted by atomic mass is 10.0. The van der Waals surface area contributed by atoms with Crippen molar-refractivity contribution in [1.82, 2.24) is 0 Å². The van der Waals surface area contributed by atoms with E-state index in [1.165, 1.54) is 6.07 Å². The zero-order valence-electron chi connectivity index (χ0n) is 10.0. The SMILES string of the molecule is CCCOc1ccc(C(O)C(F)(F)C(F)F)cc1Br. The molecule has 0 bridgehead atoms. The molecule has 2 nitrogen and oxygen atoms in total. The number of halogens is 5. The van der Waals surface area contributed by atoms with Crippen molar-refractivity contribution in [3.8, 4) is 5.75 Å². The lowest BCUT2D eigenvalue weighted by molar-refractivity contribution is -0.193. The van der Waals surface area contributed by atoms with Crippen molar-refractivity contribution in [3.05, 3.63) is 28.2 Å². The van der Waals surface area contributed by atoms with Crippen molar-refractivity contribution in [2.75, 3.05) is 6.61 Å². The Hall–Kier alpha value is -0.820. The fraction of sp³-hybridized carbons (Fsp3) is 0.500. The molecule has 0 aromatic heterocycles. The maximum atomic E-state index is 13.0. The minimum absolute atomic E-state index is 0.305. The van der Waals surface area contributed by atoms with Crippen molar-refractivity contribution in [1.29, 1.82) is 0 Å². The molecule has 0 saturated carbocycles. The molecule has 7 heteroatoms. The Balaban J connectivity index is 2.94. The van der Waals surface area contributed by atoms with E-state index in [1.54, 1.807) is 0 Å². The molecule has 0 fully saturated rings. The fourth-order valence-corrected chi connectivity index (χ4v) is 1.87. The van der Waals surface area contributed by atoms with Gasteiger partial charge in [0.1, 0.15) is 11.9 Å². The third-order valence-corrected chi connectivity index (χ3v) is 3.01. The third kappa shape index (κ3) is 3.82. The van der Waals surface area contributed by atoms with Crippen LogP contribution in [-0.4, -0.2) is 24.1 Å². The second-order valence-electron chi connectivity index (χ2n) is 3.92. The minimum Gasteiger partial charge on any atom is -0.492 e. The highest BCUT2D eigenvalue weighted by Crippen LogP contribution is 2.38. The monoisotopic (exact) mass is 344 g/mol. The summed E-state index contributed by atoms with van der Waals surface area (Å²) < 4.78 is 55.9. The van der Waals surface area contributed by atoms with E-state index in [2.05, 4.69) is 15.9 Å². The molecule has 0 aliphatic carbocycles. The lowest BCUT2D eigenvalue weighted by Crippen LogP contribution is -2.34. The molecular formula is C12H13BrF4O2. The summed E-state index contributed by atoms with van der Waals surface area (Å²) in [5.74, 6) is -4.09. The molecule has 0 aliphatic rings. The first kappa shape index (κ1) is 16.2. The van der Waals surface area contributed by atoms with E-state index < -0.39 is 18.5 Å². The first-order chi connectivity index (χ1) is 8.80. The second kappa shape index (κ2) is 6.56. The maximum absolute atomic E-state index is 13.0. The highest BCUT2D eigenvalue weighted by molar-refractivity contribution is 9.10. The van der Waals surface area contributed by atoms with Gasteiger partial charge in [0, 0.05) is 0 Å². The summed E-state index contributed by atoms with van der Waals surface area (Å²) in [6.45, 7) is 2.34. The van der Waals surface area contributed by atoms with Gasteiger partial charge in [0.05, 0.1) is 11.1 Å². The summed E-state index contributed by atoms with van der Waals surface area (Å²) in [7, 11) is 0. The van der Waals surface area contributed by atoms with Crippen molar-refractivity contribution in [2.24, 2.45) is 0 Å². The van der Waals surface area contributed by atoms with E-state index in [0.717, 1.165) is 18.6 Å². The molecule has 0 aliphatic heterocycles. The zero-order valence-corrected chi connectivity index (χ0v) is 11.6. The molecule has 108 valence electrons. The van der Waals surface area contributed by atoms with Crippen LogP contribution in [0, 0.1) is 0 Å². The first-order valence-corrected chi connectivity index (χ1v) is 6.36. The van der Waals surface area contributed by atoms with Gasteiger partial charge in [-0.2, -0.15) is 8.78 Å². The lowest BCUT2D eigenvalue weighted by Gasteiger charge is -2.22. The van der Waals surface area contributed by atoms with Crippen LogP contribution in [0.5, 0.6) is 5.75 Å². The van der Waals surface area contributed by atoms with E-state index in [1.807, 2.05) is 6.92 Å². The zero-order chi connectivity index (χ0) is 14.6. The van der Waals surface area contributed by atoms with Crippen molar-refractivity contribution in [3.63, 3.8) is 0 Å². The molecule has 1 rings (SSSR count). The Morgan fingerprint density at radius 2 is 2.00 bits per heavy atom. The number of ether oxygens (including phenoxy) is 1. The van der Waals surface area contributed by atoms with Crippen LogP contribution >= 0.6 is 15.9 Å². The van der Waals surface area contributed by atoms with Crippen LogP contribution in [0.4, 0.5) is 17.6 Å². The van der Waals surface area contributed by atoms with Crippen LogP contribution in [0.25, 0.3) is 0 Å². The van der Waals surface area contributed by atoms with Gasteiger partial charge in [-0.05, 0) is 40.0 Å². The number of aliphatic hydroxyl groups excluding tert-OH is 1. The van der Waals surface area contributed by atoms with Crippen molar-refractivity contribution < 1.29 is 27.4 Å². The van der Waals surface area contributed by atoms with Gasteiger partial charge >= 0.3 is 12.3 Å². The molecule has 0 spiro atoms. The largest absolute Gasteiger partial charge is 0.492 e. The molecule has 1 N–H and O–H groups in total. The Kier molecular flexibility index (Phi) is 5.61. The highest BCUT2D eigenvalue weighted by atomic mass is 79.9. The number of aliphatic hydroxyl groups is 1. The third-order valence-electron chi connectivity index (χ3n) is 2.39. The first-order valence-electron chi connectivity index (χ1n) is 5.57. The Morgan fingerprint density at radius 3 is 2.47 bits per heavy atom. The molecule has 1 atom stereocenters. The molecule has 1 aromatic rings. The summed E-state index contributed by atoms with van der Waals surface area (Å²) in [5.41, 5.74) is -0.305. The molecule has 0 radical (unpaired) electrons. The van der Waals surface area contributed by atoms with Gasteiger partial charge in [0.25, 0.3) is 0 Å². The van der Waals surface area contributed by atoms with Crippen LogP contribution < -0.4 is 4.74 Å². The maximum Gasteiger partial charge on any atom is 0.336 e. The van der Waals surface area contributed by atoms with E-state index in [9.17, 15) is 22.7 Å². The van der Waals surface area contributed by atoms with Gasteiger partial charge in [-0.15, -0.1) is 0 Å². The summed E-state index contributed by atoms with van der Waals surface area (Å²) in [5, 5.41) is 9.32. The molecule has 0 heterocycles. The van der Waals surface area contributed by atoms with Crippen LogP contribution in [0.1, 0.15) is 25.0 Å². The molecule has 1 unspecified atom stereocenters. The summed E-state index contributed by atoms with van der Waals surface area (Å²) in [4.78, 5) is 0. The number of benzene rings is 1.